The Morgan fingerprint density at radius 3 is 1.72 bits per heavy atom. The van der Waals surface area contributed by atoms with Crippen molar-refractivity contribution >= 4 is 37.6 Å². The first-order chi connectivity index (χ1) is 16.6. The van der Waals surface area contributed by atoms with Crippen LogP contribution in [0.5, 0.6) is 0 Å². The van der Waals surface area contributed by atoms with Crippen molar-refractivity contribution in [2.45, 2.75) is 5.51 Å². The molecule has 0 aliphatic carbocycles. The van der Waals surface area contributed by atoms with Gasteiger partial charge in [-0.25, -0.2) is 8.42 Å². The molecule has 0 aliphatic rings. The van der Waals surface area contributed by atoms with Gasteiger partial charge in [-0.1, -0.05) is 48.0 Å². The number of alkyl halides is 3. The van der Waals surface area contributed by atoms with Gasteiger partial charge >= 0.3 is 25.9 Å². The Balaban J connectivity index is 0.000000196. The number of aromatic nitrogens is 2. The van der Waals surface area contributed by atoms with Crippen LogP contribution < -0.4 is 5.73 Å². The molecular formula is C25H18F3N3O3PdS. The van der Waals surface area contributed by atoms with Crippen molar-refractivity contribution in [3.63, 3.8) is 0 Å². The van der Waals surface area contributed by atoms with Crippen LogP contribution in [0.25, 0.3) is 32.9 Å². The maximum atomic E-state index is 10.7. The molecule has 0 amide bonds. The summed E-state index contributed by atoms with van der Waals surface area (Å²) in [5, 5.41) is 2.28. The van der Waals surface area contributed by atoms with Gasteiger partial charge in [0.05, 0.1) is 11.0 Å². The minimum absolute atomic E-state index is 0. The van der Waals surface area contributed by atoms with E-state index in [4.69, 9.17) is 18.7 Å². The topological polar surface area (TPSA) is 109 Å². The molecule has 0 radical (unpaired) electrons. The van der Waals surface area contributed by atoms with Gasteiger partial charge in [0.2, 0.25) is 0 Å². The molecule has 0 saturated heterocycles. The molecule has 5 aromatic rings. The van der Waals surface area contributed by atoms with Crippen LogP contribution in [0.3, 0.4) is 0 Å². The van der Waals surface area contributed by atoms with Crippen LogP contribution in [0.15, 0.2) is 97.3 Å². The first-order valence-electron chi connectivity index (χ1n) is 10.00. The van der Waals surface area contributed by atoms with Crippen molar-refractivity contribution in [3.05, 3.63) is 103 Å². The molecule has 2 aromatic heterocycles. The third-order valence-electron chi connectivity index (χ3n) is 4.59. The molecule has 0 unspecified atom stereocenters. The van der Waals surface area contributed by atoms with E-state index in [0.717, 1.165) is 38.6 Å². The standard InChI is InChI=1S/C12H8N2.C12H10N.CHF3O3S.Pd/c1-3-9-5-6-10-4-2-8-14-12(10)11(9)13-7-1;13-12-9-5-4-8-11(12)10-6-2-1-3-7-10;2-1(3,4)8(5,6)7;/h1-8H;1-6,8-9H,13H2;(H,5,6,7);/q;-1;;+2/p-1. The first-order valence-corrected chi connectivity index (χ1v) is 11.4. The average Bonchev–Trinajstić information content (AvgIpc) is 2.84. The van der Waals surface area contributed by atoms with E-state index in [1.807, 2.05) is 60.7 Å². The summed E-state index contributed by atoms with van der Waals surface area (Å²) in [4.78, 5) is 8.69. The molecule has 11 heteroatoms. The van der Waals surface area contributed by atoms with Gasteiger partial charge in [-0.05, 0) is 23.9 Å². The molecular weight excluding hydrogens is 586 g/mol. The molecule has 2 N–H and O–H groups in total. The summed E-state index contributed by atoms with van der Waals surface area (Å²) in [5.41, 5.74) is 5.02. The van der Waals surface area contributed by atoms with Gasteiger partial charge in [0.25, 0.3) is 0 Å². The molecule has 2 heterocycles. The Morgan fingerprint density at radius 2 is 1.28 bits per heavy atom. The van der Waals surface area contributed by atoms with Crippen molar-refractivity contribution in [2.75, 3.05) is 5.73 Å². The van der Waals surface area contributed by atoms with E-state index >= 15 is 0 Å². The zero-order chi connectivity index (χ0) is 25.5. The summed E-state index contributed by atoms with van der Waals surface area (Å²) in [5.74, 6) is 0. The Labute approximate surface area is 219 Å². The monoisotopic (exact) mass is 603 g/mol. The fourth-order valence-corrected chi connectivity index (χ4v) is 2.98. The fraction of sp³-hybridized carbons (Fsp3) is 0.0400. The number of nitrogens with zero attached hydrogens (tertiary/aromatic N) is 2. The Hall–Kier alpha value is -3.36. The van der Waals surface area contributed by atoms with Gasteiger partial charge in [-0.3, -0.25) is 9.97 Å². The van der Waals surface area contributed by atoms with E-state index in [1.165, 1.54) is 0 Å². The van der Waals surface area contributed by atoms with Crippen LogP contribution in [0.4, 0.5) is 18.9 Å². The Bertz CT molecular complexity index is 1480. The second kappa shape index (κ2) is 12.6. The van der Waals surface area contributed by atoms with Gasteiger partial charge in [0, 0.05) is 23.2 Å². The van der Waals surface area contributed by atoms with Gasteiger partial charge in [0.1, 0.15) is 0 Å². The normalized spacial score (nSPS) is 10.9. The predicted molar refractivity (Wildman–Crippen MR) is 128 cm³/mol. The summed E-state index contributed by atoms with van der Waals surface area (Å²) in [6.07, 6.45) is 3.60. The van der Waals surface area contributed by atoms with Crippen molar-refractivity contribution in [1.82, 2.24) is 9.97 Å². The summed E-state index contributed by atoms with van der Waals surface area (Å²) < 4.78 is 58.9. The maximum Gasteiger partial charge on any atom is 2.00 e. The van der Waals surface area contributed by atoms with Gasteiger partial charge < -0.3 is 10.3 Å². The molecule has 188 valence electrons. The molecule has 5 rings (SSSR count). The van der Waals surface area contributed by atoms with Crippen molar-refractivity contribution in [3.8, 4) is 11.1 Å². The number of para-hydroxylation sites is 1. The smallest absolute Gasteiger partial charge is 0.741 e. The van der Waals surface area contributed by atoms with E-state index in [-0.39, 0.29) is 20.4 Å². The second-order valence-electron chi connectivity index (χ2n) is 6.98. The maximum absolute atomic E-state index is 10.7. The second-order valence-corrected chi connectivity index (χ2v) is 8.35. The Morgan fingerprint density at radius 1 is 0.778 bits per heavy atom. The van der Waals surface area contributed by atoms with Crippen LogP contribution in [-0.4, -0.2) is 28.4 Å². The average molecular weight is 604 g/mol. The molecule has 0 bridgehead atoms. The van der Waals surface area contributed by atoms with Crippen LogP contribution in [0.1, 0.15) is 0 Å². The van der Waals surface area contributed by atoms with E-state index in [0.29, 0.717) is 0 Å². The number of fused-ring (bicyclic) bond motifs is 3. The first kappa shape index (κ1) is 28.9. The molecule has 0 atom stereocenters. The quantitative estimate of drug-likeness (QED) is 0.0670. The SMILES string of the molecule is Nc1ccccc1-c1[c-]cccc1.O=S(=O)([O-])C(F)(F)F.[Pd+2].c1cnc2c(c1)ccc1cccnc12. The molecule has 6 nitrogen and oxygen atoms in total. The number of hydrogen-bond acceptors (Lipinski definition) is 6. The fourth-order valence-electron chi connectivity index (χ4n) is 2.98. The van der Waals surface area contributed by atoms with Gasteiger partial charge in [-0.15, -0.1) is 35.9 Å². The third-order valence-corrected chi connectivity index (χ3v) is 5.16. The third kappa shape index (κ3) is 7.57. The van der Waals surface area contributed by atoms with E-state index in [1.54, 1.807) is 12.4 Å². The number of rotatable bonds is 1. The number of nitrogens with two attached hydrogens (primary N) is 1. The molecule has 3 aromatic carbocycles. The van der Waals surface area contributed by atoms with Crippen LogP contribution in [0, 0.1) is 6.07 Å². The van der Waals surface area contributed by atoms with Crippen molar-refractivity contribution < 1.29 is 46.6 Å². The van der Waals surface area contributed by atoms with E-state index in [2.05, 4.69) is 40.3 Å². The van der Waals surface area contributed by atoms with Crippen LogP contribution in [0.2, 0.25) is 0 Å². The number of pyridine rings is 2. The Kier molecular flexibility index (Phi) is 10.1. The molecule has 0 spiro atoms. The van der Waals surface area contributed by atoms with Crippen LogP contribution >= 0.6 is 0 Å². The number of benzene rings is 3. The summed E-state index contributed by atoms with van der Waals surface area (Å²) in [6, 6.07) is 30.9. The van der Waals surface area contributed by atoms with Crippen LogP contribution in [-0.2, 0) is 30.5 Å². The van der Waals surface area contributed by atoms with E-state index < -0.39 is 15.6 Å². The molecule has 36 heavy (non-hydrogen) atoms. The van der Waals surface area contributed by atoms with Gasteiger partial charge in [-0.2, -0.15) is 13.2 Å². The minimum atomic E-state index is -6.09. The summed E-state index contributed by atoms with van der Waals surface area (Å²) in [6.45, 7) is 0. The van der Waals surface area contributed by atoms with E-state index in [9.17, 15) is 13.2 Å². The largest absolute Gasteiger partial charge is 2.00 e. The zero-order valence-corrected chi connectivity index (χ0v) is 20.7. The predicted octanol–water partition coefficient (Wildman–Crippen LogP) is 5.57. The van der Waals surface area contributed by atoms with Gasteiger partial charge in [0.15, 0.2) is 10.1 Å². The number of nitrogen functional groups attached to an aromatic ring is 1. The number of hydrogen-bond donors (Lipinski definition) is 1. The van der Waals surface area contributed by atoms with Crippen molar-refractivity contribution in [1.29, 1.82) is 0 Å². The molecule has 0 saturated carbocycles. The van der Waals surface area contributed by atoms with Crippen molar-refractivity contribution in [2.24, 2.45) is 0 Å². The molecule has 0 fully saturated rings. The number of halogens is 3. The number of anilines is 1. The minimum Gasteiger partial charge on any atom is -0.741 e. The molecule has 0 aliphatic heterocycles. The summed E-state index contributed by atoms with van der Waals surface area (Å²) in [7, 11) is -6.09. The summed E-state index contributed by atoms with van der Waals surface area (Å²) >= 11 is 0. The zero-order valence-electron chi connectivity index (χ0n) is 18.3.